The van der Waals surface area contributed by atoms with E-state index in [2.05, 4.69) is 72.6 Å². The summed E-state index contributed by atoms with van der Waals surface area (Å²) in [5.41, 5.74) is 2.37. The molecule has 11 atom stereocenters. The number of carboxylic acids is 2. The first-order chi connectivity index (χ1) is 30.8. The molecule has 5 amide bonds. The normalized spacial score (nSPS) is 27.6. The van der Waals surface area contributed by atoms with Gasteiger partial charge in [0.25, 0.3) is 0 Å². The number of hydrogen-bond acceptors (Lipinski definition) is 9. The molecule has 0 aromatic heterocycles. The van der Waals surface area contributed by atoms with Gasteiger partial charge in [-0.3, -0.25) is 33.6 Å². The Morgan fingerprint density at radius 1 is 0.692 bits per heavy atom. The molecular weight excluding hydrogens is 833 g/mol. The minimum Gasteiger partial charge on any atom is -0.481 e. The molecule has 4 aliphatic rings. The van der Waals surface area contributed by atoms with Gasteiger partial charge < -0.3 is 47.2 Å². The minimum absolute atomic E-state index is 0.0993. The first kappa shape index (κ1) is 53.6. The molecule has 4 rings (SSSR count). The number of nitrogens with one attached hydrogen (secondary N) is 6. The van der Waals surface area contributed by atoms with E-state index in [9.17, 15) is 43.8 Å². The van der Waals surface area contributed by atoms with Crippen LogP contribution in [0.4, 0.5) is 0 Å². The van der Waals surface area contributed by atoms with E-state index >= 15 is 0 Å². The van der Waals surface area contributed by atoms with Crippen molar-refractivity contribution < 1.29 is 48.9 Å². The molecule has 5 unspecified atom stereocenters. The summed E-state index contributed by atoms with van der Waals surface area (Å²) in [6.45, 7) is 13.4. The Labute approximate surface area is 386 Å². The van der Waals surface area contributed by atoms with E-state index in [-0.39, 0.29) is 31.3 Å². The van der Waals surface area contributed by atoms with Crippen molar-refractivity contribution in [2.75, 3.05) is 26.2 Å². The summed E-state index contributed by atoms with van der Waals surface area (Å²) in [5.74, 6) is -1.11. The van der Waals surface area contributed by atoms with E-state index in [0.717, 1.165) is 61.3 Å². The Kier molecular flexibility index (Phi) is 20.8. The second-order valence-corrected chi connectivity index (χ2v) is 20.8. The SMILES string of the molecule is CC(C)CCC[C@@H](C)C1CCC2[C@@H]3CC=C4C[C@@H](NCCCCC(=O)N[C@@H](CCC(=O)O)C(=O)N[C@@H](CCC(=O)O)C(=O)NCC(=O)NCC(=O)N[C@H](C)CO)CCC4(C)C3CCC21C. The first-order valence-electron chi connectivity index (χ1n) is 24.7. The number of unbranched alkanes of at least 4 members (excludes halogenated alkanes) is 1. The van der Waals surface area contributed by atoms with Gasteiger partial charge in [0.2, 0.25) is 29.5 Å². The van der Waals surface area contributed by atoms with Crippen molar-refractivity contribution in [1.29, 1.82) is 0 Å². The van der Waals surface area contributed by atoms with Gasteiger partial charge in [-0.25, -0.2) is 0 Å². The number of aliphatic hydroxyl groups excluding tert-OH is 1. The molecular formula is C49H82N6O10. The molecule has 9 N–H and O–H groups in total. The van der Waals surface area contributed by atoms with E-state index in [0.29, 0.717) is 17.9 Å². The number of aliphatic carboxylic acids is 2. The average Bonchev–Trinajstić information content (AvgIpc) is 3.61. The quantitative estimate of drug-likeness (QED) is 0.0407. The molecule has 4 aliphatic carbocycles. The number of amides is 5. The molecule has 65 heavy (non-hydrogen) atoms. The molecule has 0 saturated heterocycles. The molecule has 0 aromatic carbocycles. The van der Waals surface area contributed by atoms with Crippen LogP contribution in [0.15, 0.2) is 11.6 Å². The summed E-state index contributed by atoms with van der Waals surface area (Å²) in [7, 11) is 0. The Balaban J connectivity index is 1.22. The standard InChI is InChI=1S/C49H82N6O10/c1-30(2)10-9-11-31(3)36-15-16-37-35-14-13-33-26-34(21-23-48(33,5)38(35)22-24-49(36,37)6)50-25-8-7-12-41(57)54-40(18-20-45(62)63)47(65)55-39(17-19-44(60)61)46(64)52-27-42(58)51-28-43(59)53-32(4)29-56/h13,30-32,34-40,50,56H,7-12,14-29H2,1-6H3,(H,51,58)(H,52,64)(H,53,59)(H,54,57)(H,55,65)(H,60,61)(H,62,63)/t31-,32-,34+,35+,36?,37?,38?,39+,40+,48?,49?/m1/s1. The lowest BCUT2D eigenvalue weighted by Crippen LogP contribution is -2.54. The molecule has 16 heteroatoms. The summed E-state index contributed by atoms with van der Waals surface area (Å²) in [5, 5.41) is 43.5. The summed E-state index contributed by atoms with van der Waals surface area (Å²) < 4.78 is 0. The van der Waals surface area contributed by atoms with Crippen molar-refractivity contribution in [3.05, 3.63) is 11.6 Å². The number of carboxylic acid groups (broad SMARTS) is 2. The molecule has 3 saturated carbocycles. The van der Waals surface area contributed by atoms with Gasteiger partial charge in [-0.2, -0.15) is 0 Å². The van der Waals surface area contributed by atoms with Crippen LogP contribution in [0.25, 0.3) is 0 Å². The third kappa shape index (κ3) is 15.5. The predicted molar refractivity (Wildman–Crippen MR) is 247 cm³/mol. The Morgan fingerprint density at radius 2 is 1.37 bits per heavy atom. The van der Waals surface area contributed by atoms with Crippen LogP contribution in [0.3, 0.4) is 0 Å². The van der Waals surface area contributed by atoms with Crippen molar-refractivity contribution in [3.63, 3.8) is 0 Å². The van der Waals surface area contributed by atoms with Gasteiger partial charge in [-0.05, 0) is 137 Å². The lowest BCUT2D eigenvalue weighted by Gasteiger charge is -2.58. The van der Waals surface area contributed by atoms with Crippen LogP contribution in [0.1, 0.15) is 157 Å². The fourth-order valence-corrected chi connectivity index (χ4v) is 12.1. The Bertz CT molecular complexity index is 1690. The number of fused-ring (bicyclic) bond motifs is 5. The van der Waals surface area contributed by atoms with Crippen molar-refractivity contribution in [3.8, 4) is 0 Å². The zero-order chi connectivity index (χ0) is 47.9. The molecule has 16 nitrogen and oxygen atoms in total. The summed E-state index contributed by atoms with van der Waals surface area (Å²) in [6.07, 6.45) is 16.5. The lowest BCUT2D eigenvalue weighted by atomic mass is 9.47. The van der Waals surface area contributed by atoms with E-state index in [1.807, 2.05) is 0 Å². The largest absolute Gasteiger partial charge is 0.481 e. The van der Waals surface area contributed by atoms with Gasteiger partial charge in [-0.1, -0.05) is 65.5 Å². The van der Waals surface area contributed by atoms with Crippen molar-refractivity contribution in [2.24, 2.45) is 46.3 Å². The smallest absolute Gasteiger partial charge is 0.303 e. The second kappa shape index (κ2) is 25.2. The van der Waals surface area contributed by atoms with Gasteiger partial charge in [0.15, 0.2) is 0 Å². The molecule has 0 heterocycles. The van der Waals surface area contributed by atoms with Gasteiger partial charge in [0, 0.05) is 31.3 Å². The number of rotatable bonds is 27. The van der Waals surface area contributed by atoms with Crippen LogP contribution >= 0.6 is 0 Å². The Hall–Kier alpha value is -4.05. The highest BCUT2D eigenvalue weighted by molar-refractivity contribution is 5.94. The summed E-state index contributed by atoms with van der Waals surface area (Å²) in [6, 6.07) is -2.87. The maximum atomic E-state index is 13.4. The van der Waals surface area contributed by atoms with Crippen molar-refractivity contribution >= 4 is 41.5 Å². The molecule has 0 radical (unpaired) electrons. The number of aliphatic hydroxyl groups is 1. The molecule has 0 aliphatic heterocycles. The van der Waals surface area contributed by atoms with Crippen LogP contribution in [-0.2, 0) is 33.6 Å². The summed E-state index contributed by atoms with van der Waals surface area (Å²) >= 11 is 0. The molecule has 368 valence electrons. The second-order valence-electron chi connectivity index (χ2n) is 20.8. The zero-order valence-corrected chi connectivity index (χ0v) is 40.1. The maximum Gasteiger partial charge on any atom is 0.303 e. The van der Waals surface area contributed by atoms with Gasteiger partial charge in [0.05, 0.1) is 19.7 Å². The predicted octanol–water partition coefficient (Wildman–Crippen LogP) is 4.58. The molecule has 0 aromatic rings. The van der Waals surface area contributed by atoms with Crippen LogP contribution in [0.2, 0.25) is 0 Å². The monoisotopic (exact) mass is 915 g/mol. The number of hydrogen-bond donors (Lipinski definition) is 9. The number of carbonyl (C=O) groups excluding carboxylic acids is 5. The highest BCUT2D eigenvalue weighted by Gasteiger charge is 2.59. The van der Waals surface area contributed by atoms with Crippen molar-refractivity contribution in [1.82, 2.24) is 31.9 Å². The van der Waals surface area contributed by atoms with Gasteiger partial charge in [-0.15, -0.1) is 0 Å². The van der Waals surface area contributed by atoms with E-state index in [1.165, 1.54) is 57.8 Å². The third-order valence-electron chi connectivity index (χ3n) is 15.7. The maximum absolute atomic E-state index is 13.4. The minimum atomic E-state index is -1.42. The van der Waals surface area contributed by atoms with Gasteiger partial charge in [0.1, 0.15) is 12.1 Å². The fraction of sp³-hybridized carbons (Fsp3) is 0.816. The molecule has 0 bridgehead atoms. The first-order valence-corrected chi connectivity index (χ1v) is 24.7. The fourth-order valence-electron chi connectivity index (χ4n) is 12.1. The highest BCUT2D eigenvalue weighted by atomic mass is 16.4. The molecule has 0 spiro atoms. The molecule has 3 fully saturated rings. The van der Waals surface area contributed by atoms with Crippen LogP contribution < -0.4 is 31.9 Å². The third-order valence-corrected chi connectivity index (χ3v) is 15.7. The highest BCUT2D eigenvalue weighted by Crippen LogP contribution is 2.67. The van der Waals surface area contributed by atoms with Crippen molar-refractivity contribution in [2.45, 2.75) is 181 Å². The van der Waals surface area contributed by atoms with Crippen LogP contribution in [0, 0.1) is 46.3 Å². The lowest BCUT2D eigenvalue weighted by molar-refractivity contribution is -0.139. The summed E-state index contributed by atoms with van der Waals surface area (Å²) in [4.78, 5) is 86.3. The number of allylic oxidation sites excluding steroid dienone is 1. The number of carbonyl (C=O) groups is 7. The van der Waals surface area contributed by atoms with Crippen LogP contribution in [-0.4, -0.2) is 107 Å². The Morgan fingerprint density at radius 3 is 2.03 bits per heavy atom. The average molecular weight is 915 g/mol. The van der Waals surface area contributed by atoms with Gasteiger partial charge >= 0.3 is 11.9 Å². The zero-order valence-electron chi connectivity index (χ0n) is 40.1. The van der Waals surface area contributed by atoms with E-state index in [4.69, 9.17) is 5.11 Å². The topological polar surface area (TPSA) is 252 Å². The van der Waals surface area contributed by atoms with E-state index < -0.39 is 85.5 Å². The van der Waals surface area contributed by atoms with Crippen LogP contribution in [0.5, 0.6) is 0 Å². The van der Waals surface area contributed by atoms with E-state index in [1.54, 1.807) is 12.5 Å².